The maximum atomic E-state index is 12.8. The van der Waals surface area contributed by atoms with Crippen LogP contribution in [0.1, 0.15) is 5.56 Å². The molecule has 0 saturated carbocycles. The molecule has 1 aliphatic heterocycles. The zero-order valence-corrected chi connectivity index (χ0v) is 18.4. The molecule has 1 aromatic carbocycles. The van der Waals surface area contributed by atoms with E-state index in [1.54, 1.807) is 47.7 Å². The van der Waals surface area contributed by atoms with Crippen LogP contribution in [0.3, 0.4) is 0 Å². The van der Waals surface area contributed by atoms with Crippen molar-refractivity contribution in [1.29, 1.82) is 0 Å². The van der Waals surface area contributed by atoms with Gasteiger partial charge in [-0.3, -0.25) is 19.8 Å². The molecule has 3 amide bonds. The number of fused-ring (bicyclic) bond motifs is 1. The fourth-order valence-electron chi connectivity index (χ4n) is 3.87. The molecule has 1 fully saturated rings. The van der Waals surface area contributed by atoms with Crippen molar-refractivity contribution < 1.29 is 19.4 Å². The van der Waals surface area contributed by atoms with Gasteiger partial charge in [0.05, 0.1) is 19.9 Å². The minimum absolute atomic E-state index is 0.0655. The Morgan fingerprint density at radius 3 is 2.71 bits per heavy atom. The van der Waals surface area contributed by atoms with Gasteiger partial charge in [0.2, 0.25) is 5.54 Å². The van der Waals surface area contributed by atoms with Crippen molar-refractivity contribution in [3.8, 4) is 34.6 Å². The number of carbonyl (C=O) groups is 2. The number of benzene rings is 1. The number of amides is 3. The first-order chi connectivity index (χ1) is 16.4. The largest absolute Gasteiger partial charge is 0.497 e. The summed E-state index contributed by atoms with van der Waals surface area (Å²) in [6.07, 6.45) is 8.53. The molecule has 4 aromatic rings. The van der Waals surface area contributed by atoms with Crippen LogP contribution in [0.25, 0.3) is 21.9 Å². The van der Waals surface area contributed by atoms with E-state index < -0.39 is 17.5 Å². The third-order valence-electron chi connectivity index (χ3n) is 5.61. The van der Waals surface area contributed by atoms with E-state index in [-0.39, 0.29) is 12.4 Å². The van der Waals surface area contributed by atoms with Gasteiger partial charge in [0.15, 0.2) is 5.88 Å². The van der Waals surface area contributed by atoms with Crippen LogP contribution >= 0.6 is 0 Å². The summed E-state index contributed by atoms with van der Waals surface area (Å²) in [5.74, 6) is 5.78. The van der Waals surface area contributed by atoms with E-state index in [0.717, 1.165) is 16.5 Å². The molecule has 4 heterocycles. The minimum atomic E-state index is -1.59. The Kier molecular flexibility index (Phi) is 4.94. The number of nitrogens with zero attached hydrogens (tertiary/aromatic N) is 4. The van der Waals surface area contributed by atoms with Crippen molar-refractivity contribution in [3.63, 3.8) is 0 Å². The molecule has 1 aliphatic rings. The molecule has 5 rings (SSSR count). The molecule has 3 N–H and O–H groups in total. The first-order valence-electron chi connectivity index (χ1n) is 10.3. The zero-order valence-electron chi connectivity index (χ0n) is 18.4. The fourth-order valence-corrected chi connectivity index (χ4v) is 3.87. The van der Waals surface area contributed by atoms with Gasteiger partial charge in [-0.05, 0) is 24.3 Å². The van der Waals surface area contributed by atoms with E-state index in [1.807, 2.05) is 19.3 Å². The summed E-state index contributed by atoms with van der Waals surface area (Å²) in [5, 5.41) is 21.1. The number of carbonyl (C=O) groups excluding carboxylic acids is 2. The Morgan fingerprint density at radius 2 is 2.00 bits per heavy atom. The van der Waals surface area contributed by atoms with Crippen LogP contribution in [0.5, 0.6) is 11.6 Å². The number of methoxy groups -OCH3 is 1. The van der Waals surface area contributed by atoms with Crippen LogP contribution in [-0.2, 0) is 18.4 Å². The molecule has 3 aromatic heterocycles. The van der Waals surface area contributed by atoms with Crippen LogP contribution in [-0.4, -0.2) is 49.0 Å². The van der Waals surface area contributed by atoms with Crippen LogP contribution in [0.2, 0.25) is 0 Å². The van der Waals surface area contributed by atoms with Gasteiger partial charge in [-0.25, -0.2) is 4.79 Å². The predicted octanol–water partition coefficient (Wildman–Crippen LogP) is 1.78. The summed E-state index contributed by atoms with van der Waals surface area (Å²) < 4.78 is 8.39. The fraction of sp³-hybridized carbons (Fsp3) is 0.167. The molecule has 0 unspecified atom stereocenters. The van der Waals surface area contributed by atoms with Crippen molar-refractivity contribution in [1.82, 2.24) is 30.0 Å². The van der Waals surface area contributed by atoms with Crippen molar-refractivity contribution in [2.24, 2.45) is 7.05 Å². The Hall–Kier alpha value is -4.78. The van der Waals surface area contributed by atoms with Crippen molar-refractivity contribution in [2.45, 2.75) is 12.1 Å². The molecule has 0 radical (unpaired) electrons. The highest BCUT2D eigenvalue weighted by molar-refractivity contribution is 6.09. The first-order valence-corrected chi connectivity index (χ1v) is 10.3. The Bertz CT molecular complexity index is 1510. The Balaban J connectivity index is 1.52. The summed E-state index contributed by atoms with van der Waals surface area (Å²) in [4.78, 5) is 29.1. The maximum Gasteiger partial charge on any atom is 0.323 e. The monoisotopic (exact) mass is 456 g/mol. The number of aromatic hydroxyl groups is 1. The Labute approximate surface area is 194 Å². The summed E-state index contributed by atoms with van der Waals surface area (Å²) in [7, 11) is 3.36. The number of hydrogen-bond acceptors (Lipinski definition) is 6. The predicted molar refractivity (Wildman–Crippen MR) is 123 cm³/mol. The zero-order chi connectivity index (χ0) is 23.9. The molecular weight excluding hydrogens is 436 g/mol. The Morgan fingerprint density at radius 1 is 1.15 bits per heavy atom. The average Bonchev–Trinajstić information content (AvgIpc) is 3.48. The van der Waals surface area contributed by atoms with Crippen molar-refractivity contribution in [3.05, 3.63) is 60.8 Å². The number of rotatable bonds is 4. The quantitative estimate of drug-likeness (QED) is 0.318. The second-order valence-corrected chi connectivity index (χ2v) is 7.96. The summed E-state index contributed by atoms with van der Waals surface area (Å²) in [6.45, 7) is -0.101. The lowest BCUT2D eigenvalue weighted by Gasteiger charge is -2.20. The molecule has 0 spiro atoms. The summed E-state index contributed by atoms with van der Waals surface area (Å²) in [6, 6.07) is 6.44. The van der Waals surface area contributed by atoms with E-state index in [9.17, 15) is 14.7 Å². The summed E-state index contributed by atoms with van der Waals surface area (Å²) >= 11 is 0. The van der Waals surface area contributed by atoms with Crippen LogP contribution in [0.4, 0.5) is 4.79 Å². The van der Waals surface area contributed by atoms with Crippen molar-refractivity contribution in [2.75, 3.05) is 7.11 Å². The number of urea groups is 1. The van der Waals surface area contributed by atoms with E-state index >= 15 is 0 Å². The van der Waals surface area contributed by atoms with Gasteiger partial charge in [-0.2, -0.15) is 5.10 Å². The third-order valence-corrected chi connectivity index (χ3v) is 5.61. The van der Waals surface area contributed by atoms with Crippen LogP contribution in [0.15, 0.2) is 55.2 Å². The highest BCUT2D eigenvalue weighted by Crippen LogP contribution is 2.32. The molecule has 170 valence electrons. The van der Waals surface area contributed by atoms with Crippen LogP contribution in [0, 0.1) is 11.8 Å². The lowest BCUT2D eigenvalue weighted by atomic mass is 9.99. The molecule has 1 atom stereocenters. The van der Waals surface area contributed by atoms with E-state index in [4.69, 9.17) is 4.74 Å². The van der Waals surface area contributed by atoms with Gasteiger partial charge in [-0.15, -0.1) is 0 Å². The smallest absolute Gasteiger partial charge is 0.323 e. The number of aryl methyl sites for hydroxylation is 1. The number of hydrogen-bond donors (Lipinski definition) is 3. The number of imide groups is 1. The second kappa shape index (κ2) is 7.97. The average molecular weight is 456 g/mol. The molecule has 10 nitrogen and oxygen atoms in total. The molecular formula is C24H20N6O4. The molecule has 34 heavy (non-hydrogen) atoms. The lowest BCUT2D eigenvalue weighted by molar-refractivity contribution is -0.122. The second-order valence-electron chi connectivity index (χ2n) is 7.96. The molecule has 0 aliphatic carbocycles. The first kappa shape index (κ1) is 21.1. The SMILES string of the molecule is COc1ccc2cn(C[C@@]3(C#Cc4cncc(-c5cnn(C)c5)c4)NC(=O)NC3=O)c(O)c2c1. The lowest BCUT2D eigenvalue weighted by Crippen LogP contribution is -2.49. The topological polar surface area (TPSA) is 123 Å². The van der Waals surface area contributed by atoms with Gasteiger partial charge in [-0.1, -0.05) is 11.8 Å². The normalized spacial score (nSPS) is 17.2. The maximum absolute atomic E-state index is 12.8. The molecule has 1 saturated heterocycles. The van der Waals surface area contributed by atoms with E-state index in [0.29, 0.717) is 16.7 Å². The highest BCUT2D eigenvalue weighted by atomic mass is 16.5. The number of aromatic nitrogens is 4. The summed E-state index contributed by atoms with van der Waals surface area (Å²) in [5.41, 5.74) is 0.663. The van der Waals surface area contributed by atoms with Gasteiger partial charge < -0.3 is 19.7 Å². The van der Waals surface area contributed by atoms with E-state index in [2.05, 4.69) is 32.6 Å². The number of ether oxygens (including phenoxy) is 1. The van der Waals surface area contributed by atoms with E-state index in [1.165, 1.54) is 11.7 Å². The van der Waals surface area contributed by atoms with Crippen LogP contribution < -0.4 is 15.4 Å². The number of nitrogens with one attached hydrogen (secondary N) is 2. The van der Waals surface area contributed by atoms with Gasteiger partial charge >= 0.3 is 6.03 Å². The minimum Gasteiger partial charge on any atom is -0.497 e. The van der Waals surface area contributed by atoms with Gasteiger partial charge in [0.25, 0.3) is 5.91 Å². The standard InChI is InChI=1S/C24H20N6O4/c1-29-12-18(11-26-29)17-7-15(9-25-10-17)5-6-24(22(32)27-23(33)28-24)14-30-13-16-3-4-19(34-2)8-20(16)21(30)31/h3-4,7-13,31H,14H2,1-2H3,(H2,27,28,32,33)/t24-/m1/s1. The van der Waals surface area contributed by atoms with Gasteiger partial charge in [0.1, 0.15) is 5.75 Å². The van der Waals surface area contributed by atoms with Gasteiger partial charge in [0, 0.05) is 59.3 Å². The molecule has 10 heteroatoms. The van der Waals surface area contributed by atoms with Crippen molar-refractivity contribution >= 4 is 22.7 Å². The molecule has 0 bridgehead atoms. The highest BCUT2D eigenvalue weighted by Gasteiger charge is 2.46. The number of pyridine rings is 1. The third kappa shape index (κ3) is 3.69.